The van der Waals surface area contributed by atoms with E-state index >= 15 is 0 Å². The number of hydrogen-bond acceptors (Lipinski definition) is 3. The summed E-state index contributed by atoms with van der Waals surface area (Å²) in [5.41, 5.74) is 0. The third kappa shape index (κ3) is 30.3. The third-order valence-corrected chi connectivity index (χ3v) is 7.12. The molecule has 0 unspecified atom stereocenters. The summed E-state index contributed by atoms with van der Waals surface area (Å²) < 4.78 is 4.77. The van der Waals surface area contributed by atoms with E-state index in [2.05, 4.69) is 6.92 Å². The average Bonchev–Trinajstić information content (AvgIpc) is 2.78. The smallest absolute Gasteiger partial charge is 0.327 e. The molecular weight excluding hydrogens is 415 g/mol. The van der Waals surface area contributed by atoms with E-state index < -0.39 is 8.60 Å². The molecule has 0 rings (SSSR count). The Hall–Kier alpha value is 0.310. The van der Waals surface area contributed by atoms with Crippen molar-refractivity contribution in [2.75, 3.05) is 6.61 Å². The lowest BCUT2D eigenvalue weighted by Crippen LogP contribution is -1.89. The van der Waals surface area contributed by atoms with Gasteiger partial charge in [0.2, 0.25) is 0 Å². The molecule has 0 aromatic heterocycles. The summed E-state index contributed by atoms with van der Waals surface area (Å²) in [6.07, 6.45) is 36.4. The predicted molar refractivity (Wildman–Crippen MR) is 143 cm³/mol. The molecule has 0 bridgehead atoms. The lowest BCUT2D eigenvalue weighted by molar-refractivity contribution is 0.248. The van der Waals surface area contributed by atoms with Crippen molar-refractivity contribution in [2.45, 2.75) is 174 Å². The van der Waals surface area contributed by atoms with Crippen LogP contribution < -0.4 is 0 Å². The first kappa shape index (κ1) is 32.3. The van der Waals surface area contributed by atoms with E-state index in [1.165, 1.54) is 154 Å². The molecule has 0 aromatic carbocycles. The van der Waals surface area contributed by atoms with Crippen LogP contribution in [0.3, 0.4) is 0 Å². The fourth-order valence-corrected chi connectivity index (χ4v) is 4.86. The van der Waals surface area contributed by atoms with Gasteiger partial charge in [0.15, 0.2) is 0 Å². The molecule has 4 heteroatoms. The molecule has 0 aliphatic heterocycles. The van der Waals surface area contributed by atoms with Crippen LogP contribution in [0.1, 0.15) is 174 Å². The summed E-state index contributed by atoms with van der Waals surface area (Å²) in [4.78, 5) is 17.3. The third-order valence-electron chi connectivity index (χ3n) is 6.70. The van der Waals surface area contributed by atoms with Gasteiger partial charge in [-0.05, 0) is 6.42 Å². The normalized spacial score (nSPS) is 11.6. The average molecular weight is 475 g/mol. The molecule has 0 heterocycles. The summed E-state index contributed by atoms with van der Waals surface area (Å²) in [6.45, 7) is 2.78. The van der Waals surface area contributed by atoms with Gasteiger partial charge in [-0.3, -0.25) is 0 Å². The highest BCUT2D eigenvalue weighted by molar-refractivity contribution is 7.39. The maximum atomic E-state index is 8.64. The lowest BCUT2D eigenvalue weighted by Gasteiger charge is -2.05. The van der Waals surface area contributed by atoms with Crippen LogP contribution in [0.2, 0.25) is 0 Å². The monoisotopic (exact) mass is 474 g/mol. The van der Waals surface area contributed by atoms with Gasteiger partial charge in [0.25, 0.3) is 0 Å². The molecule has 0 atom stereocenters. The Morgan fingerprint density at radius 1 is 0.375 bits per heavy atom. The Labute approximate surface area is 203 Å². The quantitative estimate of drug-likeness (QED) is 0.0875. The van der Waals surface area contributed by atoms with E-state index in [0.29, 0.717) is 6.61 Å². The Bertz CT molecular complexity index is 326. The minimum atomic E-state index is -2.15. The molecule has 0 amide bonds. The number of hydrogen-bond donors (Lipinski definition) is 2. The van der Waals surface area contributed by atoms with Gasteiger partial charge in [0.05, 0.1) is 6.61 Å². The molecule has 32 heavy (non-hydrogen) atoms. The highest BCUT2D eigenvalue weighted by Crippen LogP contribution is 2.24. The molecule has 194 valence electrons. The first-order chi connectivity index (χ1) is 15.8. The Balaban J connectivity index is 3.00. The highest BCUT2D eigenvalue weighted by atomic mass is 31.2. The van der Waals surface area contributed by atoms with Crippen LogP contribution >= 0.6 is 8.60 Å². The summed E-state index contributed by atoms with van der Waals surface area (Å²) in [7, 11) is -2.15. The summed E-state index contributed by atoms with van der Waals surface area (Å²) >= 11 is 0. The zero-order chi connectivity index (χ0) is 23.4. The van der Waals surface area contributed by atoms with Crippen molar-refractivity contribution >= 4 is 8.60 Å². The first-order valence-corrected chi connectivity index (χ1v) is 15.7. The van der Waals surface area contributed by atoms with Gasteiger partial charge >= 0.3 is 8.60 Å². The SMILES string of the molecule is CCCCCCCCCCCCCCCCCCCCCCCCCCCCOP(O)O. The van der Waals surface area contributed by atoms with Crippen molar-refractivity contribution < 1.29 is 14.3 Å². The van der Waals surface area contributed by atoms with Gasteiger partial charge in [-0.25, -0.2) is 0 Å². The largest absolute Gasteiger partial charge is 0.328 e. The van der Waals surface area contributed by atoms with Crippen LogP contribution in [-0.2, 0) is 4.52 Å². The lowest BCUT2D eigenvalue weighted by atomic mass is 10.0. The van der Waals surface area contributed by atoms with Crippen LogP contribution in [0.5, 0.6) is 0 Å². The van der Waals surface area contributed by atoms with E-state index in [0.717, 1.165) is 12.8 Å². The van der Waals surface area contributed by atoms with Gasteiger partial charge in [-0.1, -0.05) is 167 Å². The predicted octanol–water partition coefficient (Wildman–Crippen LogP) is 10.4. The zero-order valence-corrected chi connectivity index (χ0v) is 22.7. The molecule has 0 aliphatic rings. The van der Waals surface area contributed by atoms with Crippen molar-refractivity contribution in [2.24, 2.45) is 0 Å². The topological polar surface area (TPSA) is 49.7 Å². The molecule has 2 N–H and O–H groups in total. The second-order valence-electron chi connectivity index (χ2n) is 9.92. The molecule has 0 radical (unpaired) electrons. The van der Waals surface area contributed by atoms with Gasteiger partial charge in [-0.15, -0.1) is 0 Å². The van der Waals surface area contributed by atoms with Crippen LogP contribution in [0, 0.1) is 0 Å². The molecule has 3 nitrogen and oxygen atoms in total. The molecule has 0 aromatic rings. The highest BCUT2D eigenvalue weighted by Gasteiger charge is 1.98. The minimum Gasteiger partial charge on any atom is -0.328 e. The zero-order valence-electron chi connectivity index (χ0n) is 21.8. The molecule has 0 saturated heterocycles. The molecule has 0 spiro atoms. The Morgan fingerprint density at radius 3 is 0.812 bits per heavy atom. The minimum absolute atomic E-state index is 0.484. The second-order valence-corrected chi connectivity index (χ2v) is 10.7. The van der Waals surface area contributed by atoms with Crippen molar-refractivity contribution in [1.82, 2.24) is 0 Å². The van der Waals surface area contributed by atoms with Gasteiger partial charge in [0, 0.05) is 0 Å². The van der Waals surface area contributed by atoms with Gasteiger partial charge < -0.3 is 14.3 Å². The van der Waals surface area contributed by atoms with Crippen LogP contribution in [-0.4, -0.2) is 16.4 Å². The van der Waals surface area contributed by atoms with Crippen molar-refractivity contribution in [3.8, 4) is 0 Å². The van der Waals surface area contributed by atoms with Gasteiger partial charge in [0.1, 0.15) is 0 Å². The van der Waals surface area contributed by atoms with Crippen molar-refractivity contribution in [3.05, 3.63) is 0 Å². The fourth-order valence-electron chi connectivity index (χ4n) is 4.56. The molecular formula is C28H59O3P. The maximum absolute atomic E-state index is 8.64. The maximum Gasteiger partial charge on any atom is 0.327 e. The Morgan fingerprint density at radius 2 is 0.594 bits per heavy atom. The van der Waals surface area contributed by atoms with Crippen molar-refractivity contribution in [3.63, 3.8) is 0 Å². The standard InChI is InChI=1S/C28H59O3P/c1-2-3-4-5-6-7-8-9-10-11-12-13-14-15-16-17-18-19-20-21-22-23-24-25-26-27-28-31-32(29)30/h29-30H,2-28H2,1H3. The molecule has 0 fully saturated rings. The number of rotatable bonds is 28. The van der Waals surface area contributed by atoms with E-state index in [-0.39, 0.29) is 0 Å². The molecule has 0 aliphatic carbocycles. The van der Waals surface area contributed by atoms with E-state index in [1.54, 1.807) is 0 Å². The van der Waals surface area contributed by atoms with Crippen LogP contribution in [0.25, 0.3) is 0 Å². The van der Waals surface area contributed by atoms with E-state index in [9.17, 15) is 0 Å². The van der Waals surface area contributed by atoms with Crippen molar-refractivity contribution in [1.29, 1.82) is 0 Å². The Kier molecular flexibility index (Phi) is 29.6. The van der Waals surface area contributed by atoms with Gasteiger partial charge in [-0.2, -0.15) is 0 Å². The summed E-state index contributed by atoms with van der Waals surface area (Å²) in [5, 5.41) is 0. The summed E-state index contributed by atoms with van der Waals surface area (Å²) in [6, 6.07) is 0. The van der Waals surface area contributed by atoms with E-state index in [1.807, 2.05) is 0 Å². The second kappa shape index (κ2) is 29.3. The van der Waals surface area contributed by atoms with E-state index in [4.69, 9.17) is 14.3 Å². The fraction of sp³-hybridized carbons (Fsp3) is 1.00. The first-order valence-electron chi connectivity index (χ1n) is 14.6. The molecule has 0 saturated carbocycles. The summed E-state index contributed by atoms with van der Waals surface area (Å²) in [5.74, 6) is 0. The number of unbranched alkanes of at least 4 members (excludes halogenated alkanes) is 25. The van der Waals surface area contributed by atoms with Crippen LogP contribution in [0.4, 0.5) is 0 Å². The van der Waals surface area contributed by atoms with Crippen LogP contribution in [0.15, 0.2) is 0 Å².